The van der Waals surface area contributed by atoms with Crippen LogP contribution in [-0.4, -0.2) is 23.8 Å². The SMILES string of the molecule is CCCCSc1nc2c(cc1C#N)N1CCC2CC1. The van der Waals surface area contributed by atoms with Crippen molar-refractivity contribution in [2.24, 2.45) is 0 Å². The summed E-state index contributed by atoms with van der Waals surface area (Å²) in [5, 5.41) is 10.3. The van der Waals surface area contributed by atoms with Gasteiger partial charge in [-0.2, -0.15) is 5.26 Å². The first-order chi connectivity index (χ1) is 9.33. The van der Waals surface area contributed by atoms with Gasteiger partial charge in [0.05, 0.1) is 16.9 Å². The minimum Gasteiger partial charge on any atom is -0.370 e. The van der Waals surface area contributed by atoms with Crippen molar-refractivity contribution >= 4 is 17.4 Å². The zero-order valence-electron chi connectivity index (χ0n) is 11.4. The van der Waals surface area contributed by atoms with Crippen LogP contribution >= 0.6 is 11.8 Å². The summed E-state index contributed by atoms with van der Waals surface area (Å²) in [6, 6.07) is 4.39. The van der Waals surface area contributed by atoms with E-state index in [9.17, 15) is 5.26 Å². The minimum atomic E-state index is 0.623. The van der Waals surface area contributed by atoms with E-state index in [4.69, 9.17) is 4.98 Å². The summed E-state index contributed by atoms with van der Waals surface area (Å²) in [6.07, 6.45) is 4.83. The first-order valence-corrected chi connectivity index (χ1v) is 8.14. The molecule has 4 rings (SSSR count). The van der Waals surface area contributed by atoms with Gasteiger partial charge in [0, 0.05) is 19.0 Å². The average molecular weight is 273 g/mol. The number of anilines is 1. The Morgan fingerprint density at radius 3 is 2.95 bits per heavy atom. The lowest BCUT2D eigenvalue weighted by Crippen LogP contribution is -2.39. The fourth-order valence-corrected chi connectivity index (χ4v) is 4.00. The molecule has 0 radical (unpaired) electrons. The summed E-state index contributed by atoms with van der Waals surface area (Å²) in [7, 11) is 0. The van der Waals surface area contributed by atoms with Crippen LogP contribution in [0.1, 0.15) is 49.8 Å². The van der Waals surface area contributed by atoms with Gasteiger partial charge in [0.25, 0.3) is 0 Å². The third kappa shape index (κ3) is 2.32. The fraction of sp³-hybridized carbons (Fsp3) is 0.600. The normalized spacial score (nSPS) is 17.4. The van der Waals surface area contributed by atoms with Crippen molar-refractivity contribution in [1.29, 1.82) is 5.26 Å². The molecule has 1 saturated heterocycles. The highest BCUT2D eigenvalue weighted by Crippen LogP contribution is 2.42. The molecule has 4 heteroatoms. The number of hydrogen-bond donors (Lipinski definition) is 0. The Kier molecular flexibility index (Phi) is 3.65. The van der Waals surface area contributed by atoms with Crippen LogP contribution in [0.25, 0.3) is 0 Å². The highest BCUT2D eigenvalue weighted by molar-refractivity contribution is 7.99. The second-order valence-electron chi connectivity index (χ2n) is 5.32. The molecule has 0 amide bonds. The van der Waals surface area contributed by atoms with Gasteiger partial charge in [-0.3, -0.25) is 0 Å². The van der Waals surface area contributed by atoms with E-state index in [-0.39, 0.29) is 0 Å². The molecule has 3 nitrogen and oxygen atoms in total. The van der Waals surface area contributed by atoms with Crippen LogP contribution in [0.15, 0.2) is 11.1 Å². The quantitative estimate of drug-likeness (QED) is 0.621. The summed E-state index contributed by atoms with van der Waals surface area (Å²) < 4.78 is 0. The summed E-state index contributed by atoms with van der Waals surface area (Å²) in [5.41, 5.74) is 3.22. The number of thioether (sulfide) groups is 1. The lowest BCUT2D eigenvalue weighted by molar-refractivity contribution is 0.461. The van der Waals surface area contributed by atoms with Crippen molar-refractivity contribution in [2.45, 2.75) is 43.6 Å². The van der Waals surface area contributed by atoms with E-state index in [0.717, 1.165) is 29.4 Å². The number of nitrogens with zero attached hydrogens (tertiary/aromatic N) is 3. The van der Waals surface area contributed by atoms with Crippen LogP contribution in [0, 0.1) is 11.3 Å². The molecule has 0 saturated carbocycles. The molecule has 19 heavy (non-hydrogen) atoms. The molecule has 4 heterocycles. The van der Waals surface area contributed by atoms with Crippen LogP contribution < -0.4 is 4.90 Å². The number of pyridine rings is 1. The van der Waals surface area contributed by atoms with Crippen molar-refractivity contribution in [3.63, 3.8) is 0 Å². The molecule has 1 aromatic heterocycles. The van der Waals surface area contributed by atoms with Gasteiger partial charge in [0.15, 0.2) is 0 Å². The van der Waals surface area contributed by atoms with Gasteiger partial charge in [0.2, 0.25) is 0 Å². The number of nitriles is 1. The molecular formula is C15H19N3S. The highest BCUT2D eigenvalue weighted by Gasteiger charge is 2.32. The average Bonchev–Trinajstić information content (AvgIpc) is 2.48. The van der Waals surface area contributed by atoms with Crippen molar-refractivity contribution in [1.82, 2.24) is 4.98 Å². The zero-order chi connectivity index (χ0) is 13.2. The molecule has 0 N–H and O–H groups in total. The Bertz CT molecular complexity index is 513. The van der Waals surface area contributed by atoms with Gasteiger partial charge >= 0.3 is 0 Å². The fourth-order valence-electron chi connectivity index (χ4n) is 2.95. The highest BCUT2D eigenvalue weighted by atomic mass is 32.2. The number of fused-ring (bicyclic) bond motifs is 2. The zero-order valence-corrected chi connectivity index (χ0v) is 12.2. The van der Waals surface area contributed by atoms with Crippen molar-refractivity contribution in [2.75, 3.05) is 23.7 Å². The molecule has 100 valence electrons. The number of rotatable bonds is 4. The largest absolute Gasteiger partial charge is 0.370 e. The third-order valence-corrected chi connectivity index (χ3v) is 5.15. The van der Waals surface area contributed by atoms with E-state index >= 15 is 0 Å². The van der Waals surface area contributed by atoms with Gasteiger partial charge in [-0.1, -0.05) is 13.3 Å². The summed E-state index contributed by atoms with van der Waals surface area (Å²) in [6.45, 7) is 4.46. The molecule has 2 bridgehead atoms. The van der Waals surface area contributed by atoms with Crippen LogP contribution in [0.3, 0.4) is 0 Å². The van der Waals surface area contributed by atoms with E-state index in [2.05, 4.69) is 24.0 Å². The summed E-state index contributed by atoms with van der Waals surface area (Å²) in [5.74, 6) is 1.68. The Morgan fingerprint density at radius 1 is 1.47 bits per heavy atom. The van der Waals surface area contributed by atoms with Gasteiger partial charge < -0.3 is 4.90 Å². The van der Waals surface area contributed by atoms with Crippen LogP contribution in [0.4, 0.5) is 5.69 Å². The molecule has 0 aromatic carbocycles. The number of hydrogen-bond acceptors (Lipinski definition) is 4. The first-order valence-electron chi connectivity index (χ1n) is 7.16. The van der Waals surface area contributed by atoms with Gasteiger partial charge in [-0.05, 0) is 31.1 Å². The minimum absolute atomic E-state index is 0.623. The predicted octanol–water partition coefficient (Wildman–Crippen LogP) is 3.54. The van der Waals surface area contributed by atoms with Crippen LogP contribution in [0.5, 0.6) is 0 Å². The van der Waals surface area contributed by atoms with Crippen molar-refractivity contribution < 1.29 is 0 Å². The number of unbranched alkanes of at least 4 members (excludes halogenated alkanes) is 1. The van der Waals surface area contributed by atoms with E-state index in [1.165, 1.54) is 37.1 Å². The Balaban J connectivity index is 1.93. The van der Waals surface area contributed by atoms with Gasteiger partial charge in [0.1, 0.15) is 11.1 Å². The molecule has 1 fully saturated rings. The first kappa shape index (κ1) is 12.8. The predicted molar refractivity (Wildman–Crippen MR) is 78.8 cm³/mol. The second kappa shape index (κ2) is 5.42. The third-order valence-electron chi connectivity index (χ3n) is 4.08. The Labute approximate surface area is 119 Å². The standard InChI is InChI=1S/C15H19N3S/c1-2-3-8-19-15-12(10-16)9-13-14(17-15)11-4-6-18(13)7-5-11/h9,11H,2-8H2,1H3. The van der Waals surface area contributed by atoms with Gasteiger partial charge in [-0.25, -0.2) is 4.98 Å². The van der Waals surface area contributed by atoms with Crippen molar-refractivity contribution in [3.05, 3.63) is 17.3 Å². The van der Waals surface area contributed by atoms with E-state index in [1.807, 2.05) is 0 Å². The maximum absolute atomic E-state index is 9.32. The van der Waals surface area contributed by atoms with E-state index < -0.39 is 0 Å². The monoisotopic (exact) mass is 273 g/mol. The molecule has 3 aliphatic heterocycles. The smallest absolute Gasteiger partial charge is 0.114 e. The van der Waals surface area contributed by atoms with E-state index in [1.54, 1.807) is 11.8 Å². The van der Waals surface area contributed by atoms with E-state index in [0.29, 0.717) is 5.92 Å². The lowest BCUT2D eigenvalue weighted by Gasteiger charge is -2.41. The molecule has 0 aliphatic carbocycles. The maximum atomic E-state index is 9.32. The molecule has 0 spiro atoms. The molecule has 0 atom stereocenters. The van der Waals surface area contributed by atoms with Crippen LogP contribution in [-0.2, 0) is 0 Å². The molecule has 1 aromatic rings. The maximum Gasteiger partial charge on any atom is 0.114 e. The molecule has 0 unspecified atom stereocenters. The van der Waals surface area contributed by atoms with Crippen LogP contribution in [0.2, 0.25) is 0 Å². The van der Waals surface area contributed by atoms with Crippen molar-refractivity contribution in [3.8, 4) is 6.07 Å². The second-order valence-corrected chi connectivity index (χ2v) is 6.40. The number of aromatic nitrogens is 1. The Morgan fingerprint density at radius 2 is 2.26 bits per heavy atom. The molecule has 3 aliphatic rings. The Hall–Kier alpha value is -1.21. The molecular weight excluding hydrogens is 254 g/mol. The summed E-state index contributed by atoms with van der Waals surface area (Å²) in [4.78, 5) is 7.23. The number of piperidine rings is 1. The van der Waals surface area contributed by atoms with Gasteiger partial charge in [-0.15, -0.1) is 11.8 Å². The lowest BCUT2D eigenvalue weighted by atomic mass is 9.86. The summed E-state index contributed by atoms with van der Waals surface area (Å²) >= 11 is 1.74. The topological polar surface area (TPSA) is 39.9 Å².